The Morgan fingerprint density at radius 2 is 2.09 bits per heavy atom. The van der Waals surface area contributed by atoms with Crippen molar-refractivity contribution in [2.45, 2.75) is 44.8 Å². The number of carbonyl (C=O) groups is 1. The van der Waals surface area contributed by atoms with Crippen LogP contribution in [0.1, 0.15) is 36.8 Å². The van der Waals surface area contributed by atoms with Crippen molar-refractivity contribution < 1.29 is 14.3 Å². The van der Waals surface area contributed by atoms with Crippen LogP contribution >= 0.6 is 12.4 Å². The zero-order valence-electron chi connectivity index (χ0n) is 20.2. The Morgan fingerprint density at radius 3 is 2.85 bits per heavy atom. The van der Waals surface area contributed by atoms with Gasteiger partial charge in [-0.1, -0.05) is 18.2 Å². The minimum absolute atomic E-state index is 0. The van der Waals surface area contributed by atoms with Crippen LogP contribution in [0.15, 0.2) is 42.7 Å². The highest BCUT2D eigenvalue weighted by Gasteiger charge is 2.36. The number of methoxy groups -OCH3 is 2. The molecule has 2 aliphatic rings. The van der Waals surface area contributed by atoms with E-state index in [9.17, 15) is 4.79 Å². The Morgan fingerprint density at radius 1 is 1.21 bits per heavy atom. The molecule has 34 heavy (non-hydrogen) atoms. The zero-order valence-corrected chi connectivity index (χ0v) is 21.0. The summed E-state index contributed by atoms with van der Waals surface area (Å²) in [7, 11) is 3.24. The maximum atomic E-state index is 12.5. The van der Waals surface area contributed by atoms with Crippen LogP contribution in [0.4, 0.5) is 0 Å². The molecule has 3 atom stereocenters. The van der Waals surface area contributed by atoms with E-state index < -0.39 is 0 Å². The lowest BCUT2D eigenvalue weighted by Crippen LogP contribution is -2.55. The van der Waals surface area contributed by atoms with Gasteiger partial charge in [0.15, 0.2) is 11.5 Å². The maximum Gasteiger partial charge on any atom is 0.220 e. The number of para-hydroxylation sites is 1. The Kier molecular flexibility index (Phi) is 9.99. The molecule has 1 aromatic heterocycles. The van der Waals surface area contributed by atoms with Crippen molar-refractivity contribution >= 4 is 18.3 Å². The molecule has 0 saturated carbocycles. The van der Waals surface area contributed by atoms with Gasteiger partial charge in [-0.05, 0) is 55.3 Å². The SMILES string of the molecule is COc1cccc(CNC(=O)CCC[C@H]2NC[C@@H]3C[C@@H]2CN(Cc2cccnc2)C3)c1OC.Cl. The first kappa shape index (κ1) is 26.3. The second-order valence-corrected chi connectivity index (χ2v) is 9.25. The number of amides is 1. The number of piperidine rings is 2. The average Bonchev–Trinajstić information content (AvgIpc) is 2.84. The molecule has 3 heterocycles. The maximum absolute atomic E-state index is 12.5. The first-order chi connectivity index (χ1) is 16.2. The smallest absolute Gasteiger partial charge is 0.220 e. The number of pyridine rings is 1. The monoisotopic (exact) mass is 488 g/mol. The molecular formula is C26H37ClN4O3. The van der Waals surface area contributed by atoms with Gasteiger partial charge in [-0.15, -0.1) is 12.4 Å². The van der Waals surface area contributed by atoms with Gasteiger partial charge in [0.2, 0.25) is 5.91 Å². The fourth-order valence-electron chi connectivity index (χ4n) is 5.35. The number of likely N-dealkylation sites (tertiary alicyclic amines) is 1. The van der Waals surface area contributed by atoms with Crippen molar-refractivity contribution in [1.29, 1.82) is 0 Å². The molecule has 0 aliphatic carbocycles. The molecule has 2 bridgehead atoms. The molecule has 2 fully saturated rings. The Bertz CT molecular complexity index is 914. The van der Waals surface area contributed by atoms with E-state index >= 15 is 0 Å². The van der Waals surface area contributed by atoms with E-state index in [-0.39, 0.29) is 18.3 Å². The predicted molar refractivity (Wildman–Crippen MR) is 135 cm³/mol. The summed E-state index contributed by atoms with van der Waals surface area (Å²) in [6.45, 7) is 4.76. The second-order valence-electron chi connectivity index (χ2n) is 9.25. The summed E-state index contributed by atoms with van der Waals surface area (Å²) in [5, 5.41) is 6.80. The van der Waals surface area contributed by atoms with Crippen LogP contribution < -0.4 is 20.1 Å². The fourth-order valence-corrected chi connectivity index (χ4v) is 5.35. The predicted octanol–water partition coefficient (Wildman–Crippen LogP) is 3.42. The van der Waals surface area contributed by atoms with E-state index in [1.54, 1.807) is 14.2 Å². The van der Waals surface area contributed by atoms with Crippen molar-refractivity contribution in [1.82, 2.24) is 20.5 Å². The molecule has 2 saturated heterocycles. The summed E-state index contributed by atoms with van der Waals surface area (Å²) in [5.74, 6) is 2.80. The number of nitrogens with one attached hydrogen (secondary N) is 2. The average molecular weight is 489 g/mol. The lowest BCUT2D eigenvalue weighted by molar-refractivity contribution is -0.121. The molecule has 1 amide bonds. The molecule has 8 heteroatoms. The highest BCUT2D eigenvalue weighted by atomic mass is 35.5. The molecule has 2 aromatic rings. The summed E-state index contributed by atoms with van der Waals surface area (Å²) in [4.78, 5) is 19.3. The van der Waals surface area contributed by atoms with Gasteiger partial charge in [-0.3, -0.25) is 14.7 Å². The van der Waals surface area contributed by atoms with Crippen molar-refractivity contribution in [2.24, 2.45) is 11.8 Å². The third-order valence-corrected chi connectivity index (χ3v) is 6.89. The van der Waals surface area contributed by atoms with Crippen molar-refractivity contribution in [3.63, 3.8) is 0 Å². The van der Waals surface area contributed by atoms with Crippen molar-refractivity contribution in [3.8, 4) is 11.5 Å². The summed E-state index contributed by atoms with van der Waals surface area (Å²) in [6.07, 6.45) is 7.57. The number of ether oxygens (including phenoxy) is 2. The fraction of sp³-hybridized carbons (Fsp3) is 0.538. The van der Waals surface area contributed by atoms with Crippen LogP contribution in [0.5, 0.6) is 11.5 Å². The van der Waals surface area contributed by atoms with Gasteiger partial charge < -0.3 is 20.1 Å². The highest BCUT2D eigenvalue weighted by molar-refractivity contribution is 5.85. The lowest BCUT2D eigenvalue weighted by atomic mass is 9.79. The van der Waals surface area contributed by atoms with Crippen molar-refractivity contribution in [2.75, 3.05) is 33.9 Å². The Labute approximate surface area is 209 Å². The van der Waals surface area contributed by atoms with Crippen LogP contribution in [-0.4, -0.2) is 55.7 Å². The molecular weight excluding hydrogens is 452 g/mol. The number of nitrogens with zero attached hydrogens (tertiary/aromatic N) is 2. The third-order valence-electron chi connectivity index (χ3n) is 6.89. The van der Waals surface area contributed by atoms with E-state index in [0.29, 0.717) is 36.4 Å². The molecule has 0 radical (unpaired) electrons. The van der Waals surface area contributed by atoms with Crippen LogP contribution in [0.2, 0.25) is 0 Å². The number of carbonyl (C=O) groups excluding carboxylic acids is 1. The van der Waals surface area contributed by atoms with E-state index in [1.165, 1.54) is 12.0 Å². The quantitative estimate of drug-likeness (QED) is 0.533. The standard InChI is InChI=1S/C26H36N4O3.ClH/c1-32-24-9-3-7-21(26(24)33-2)15-29-25(31)10-4-8-23-22-12-20(14-28-23)17-30(18-22)16-19-6-5-11-27-13-19;/h3,5-7,9,11,13,20,22-23,28H,4,8,10,12,14-18H2,1-2H3,(H,29,31);1H/t20-,22+,23+;/m0./s1. The van der Waals surface area contributed by atoms with Gasteiger partial charge in [-0.25, -0.2) is 0 Å². The molecule has 0 spiro atoms. The van der Waals surface area contributed by atoms with E-state index in [2.05, 4.69) is 26.6 Å². The molecule has 2 aliphatic heterocycles. The number of halogens is 1. The second kappa shape index (κ2) is 12.9. The first-order valence-corrected chi connectivity index (χ1v) is 12.0. The summed E-state index contributed by atoms with van der Waals surface area (Å²) >= 11 is 0. The van der Waals surface area contributed by atoms with Crippen LogP contribution in [-0.2, 0) is 17.9 Å². The van der Waals surface area contributed by atoms with Crippen molar-refractivity contribution in [3.05, 3.63) is 53.9 Å². The minimum Gasteiger partial charge on any atom is -0.493 e. The molecule has 7 nitrogen and oxygen atoms in total. The van der Waals surface area contributed by atoms with E-state index in [0.717, 1.165) is 50.5 Å². The minimum atomic E-state index is 0. The van der Waals surface area contributed by atoms with Gasteiger partial charge in [0.05, 0.1) is 14.2 Å². The van der Waals surface area contributed by atoms with Gasteiger partial charge >= 0.3 is 0 Å². The number of fused-ring (bicyclic) bond motifs is 2. The highest BCUT2D eigenvalue weighted by Crippen LogP contribution is 2.32. The van der Waals surface area contributed by atoms with Gasteiger partial charge in [0.1, 0.15) is 0 Å². The van der Waals surface area contributed by atoms with Crippen LogP contribution in [0.3, 0.4) is 0 Å². The number of benzene rings is 1. The Balaban J connectivity index is 0.00000324. The van der Waals surface area contributed by atoms with E-state index in [1.807, 2.05) is 36.7 Å². The van der Waals surface area contributed by atoms with Crippen LogP contribution in [0, 0.1) is 11.8 Å². The number of hydrogen-bond donors (Lipinski definition) is 2. The summed E-state index contributed by atoms with van der Waals surface area (Å²) in [5.41, 5.74) is 2.20. The van der Waals surface area contributed by atoms with Gasteiger partial charge in [0.25, 0.3) is 0 Å². The Hall–Kier alpha value is -2.35. The summed E-state index contributed by atoms with van der Waals surface area (Å²) < 4.78 is 10.8. The summed E-state index contributed by atoms with van der Waals surface area (Å²) in [6, 6.07) is 10.4. The number of hydrogen-bond acceptors (Lipinski definition) is 6. The molecule has 0 unspecified atom stereocenters. The molecule has 1 aromatic carbocycles. The lowest BCUT2D eigenvalue weighted by Gasteiger charge is -2.46. The number of rotatable bonds is 10. The molecule has 4 rings (SSSR count). The van der Waals surface area contributed by atoms with Crippen LogP contribution in [0.25, 0.3) is 0 Å². The van der Waals surface area contributed by atoms with E-state index in [4.69, 9.17) is 9.47 Å². The third kappa shape index (κ3) is 6.84. The van der Waals surface area contributed by atoms with Gasteiger partial charge in [-0.2, -0.15) is 0 Å². The molecule has 2 N–H and O–H groups in total. The topological polar surface area (TPSA) is 75.7 Å². The number of aromatic nitrogens is 1. The van der Waals surface area contributed by atoms with Gasteiger partial charge in [0, 0.05) is 56.6 Å². The normalized spacial score (nSPS) is 21.9. The largest absolute Gasteiger partial charge is 0.493 e. The first-order valence-electron chi connectivity index (χ1n) is 12.0. The molecule has 186 valence electrons. The zero-order chi connectivity index (χ0) is 23.0.